The third-order valence-electron chi connectivity index (χ3n) is 5.92. The average Bonchev–Trinajstić information content (AvgIpc) is 3.27. The number of aromatic nitrogens is 1. The van der Waals surface area contributed by atoms with E-state index in [2.05, 4.69) is 10.3 Å². The summed E-state index contributed by atoms with van der Waals surface area (Å²) in [4.78, 5) is 29.4. The molecule has 0 aliphatic heterocycles. The Balaban J connectivity index is 1.56. The molecule has 1 amide bonds. The van der Waals surface area contributed by atoms with Gasteiger partial charge >= 0.3 is 5.63 Å². The molecule has 0 fully saturated rings. The third kappa shape index (κ3) is 3.80. The van der Waals surface area contributed by atoms with E-state index in [1.165, 1.54) is 0 Å². The van der Waals surface area contributed by atoms with Crippen molar-refractivity contribution in [1.82, 2.24) is 10.3 Å². The fourth-order valence-corrected chi connectivity index (χ4v) is 4.25. The van der Waals surface area contributed by atoms with Crippen LogP contribution in [0.2, 0.25) is 0 Å². The first-order chi connectivity index (χ1) is 16.0. The van der Waals surface area contributed by atoms with Crippen LogP contribution in [0, 0.1) is 13.8 Å². The van der Waals surface area contributed by atoms with E-state index in [1.54, 1.807) is 18.7 Å². The molecule has 6 nitrogen and oxygen atoms in total. The zero-order chi connectivity index (χ0) is 22.9. The first-order valence-corrected chi connectivity index (χ1v) is 10.7. The largest absolute Gasteiger partial charge is 0.463 e. The molecule has 0 aliphatic rings. The van der Waals surface area contributed by atoms with E-state index in [9.17, 15) is 9.59 Å². The van der Waals surface area contributed by atoms with Gasteiger partial charge in [0.2, 0.25) is 5.91 Å². The Kier molecular flexibility index (Phi) is 5.26. The van der Waals surface area contributed by atoms with Crippen molar-refractivity contribution < 1.29 is 13.6 Å². The van der Waals surface area contributed by atoms with E-state index >= 15 is 0 Å². The SMILES string of the molecule is Cc1cc2oc(=O)c(CC(=O)NCc3cccnc3)c(C)c2c2occ(-c3ccccc3)c12. The topological polar surface area (TPSA) is 85.3 Å². The molecule has 0 radical (unpaired) electrons. The molecule has 164 valence electrons. The van der Waals surface area contributed by atoms with Crippen molar-refractivity contribution in [2.45, 2.75) is 26.8 Å². The van der Waals surface area contributed by atoms with E-state index in [0.29, 0.717) is 34.2 Å². The summed E-state index contributed by atoms with van der Waals surface area (Å²) in [6.45, 7) is 4.15. The van der Waals surface area contributed by atoms with Crippen molar-refractivity contribution in [3.05, 3.63) is 99.9 Å². The van der Waals surface area contributed by atoms with Crippen molar-refractivity contribution in [1.29, 1.82) is 0 Å². The van der Waals surface area contributed by atoms with Gasteiger partial charge in [-0.25, -0.2) is 4.79 Å². The zero-order valence-corrected chi connectivity index (χ0v) is 18.3. The number of aryl methyl sites for hydroxylation is 2. The highest BCUT2D eigenvalue weighted by Gasteiger charge is 2.21. The lowest BCUT2D eigenvalue weighted by Gasteiger charge is -2.10. The van der Waals surface area contributed by atoms with Crippen molar-refractivity contribution in [2.24, 2.45) is 0 Å². The van der Waals surface area contributed by atoms with Crippen LogP contribution in [0.25, 0.3) is 33.1 Å². The molecule has 3 heterocycles. The van der Waals surface area contributed by atoms with Gasteiger partial charge in [-0.15, -0.1) is 0 Å². The summed E-state index contributed by atoms with van der Waals surface area (Å²) >= 11 is 0. The Labute approximate surface area is 189 Å². The molecule has 0 spiro atoms. The Bertz CT molecular complexity index is 1530. The van der Waals surface area contributed by atoms with Gasteiger partial charge in [0.25, 0.3) is 0 Å². The van der Waals surface area contributed by atoms with Gasteiger partial charge in [-0.05, 0) is 48.2 Å². The molecule has 6 heteroatoms. The number of benzene rings is 2. The summed E-state index contributed by atoms with van der Waals surface area (Å²) in [5.41, 5.74) is 5.48. The molecular formula is C27H22N2O4. The summed E-state index contributed by atoms with van der Waals surface area (Å²) in [5.74, 6) is -0.263. The maximum atomic E-state index is 12.8. The van der Waals surface area contributed by atoms with Crippen LogP contribution >= 0.6 is 0 Å². The summed E-state index contributed by atoms with van der Waals surface area (Å²) in [7, 11) is 0. The number of furan rings is 1. The Morgan fingerprint density at radius 3 is 2.64 bits per heavy atom. The van der Waals surface area contributed by atoms with Gasteiger partial charge in [-0.3, -0.25) is 9.78 Å². The van der Waals surface area contributed by atoms with Crippen LogP contribution in [-0.4, -0.2) is 10.9 Å². The molecule has 5 aromatic rings. The smallest absolute Gasteiger partial charge is 0.340 e. The maximum Gasteiger partial charge on any atom is 0.340 e. The first kappa shape index (κ1) is 20.7. The molecule has 3 aromatic heterocycles. The van der Waals surface area contributed by atoms with Crippen molar-refractivity contribution in [3.8, 4) is 11.1 Å². The molecule has 1 N–H and O–H groups in total. The summed E-state index contributed by atoms with van der Waals surface area (Å²) < 4.78 is 11.6. The molecule has 5 rings (SSSR count). The van der Waals surface area contributed by atoms with Gasteiger partial charge in [0.05, 0.1) is 23.6 Å². The Morgan fingerprint density at radius 1 is 1.06 bits per heavy atom. The summed E-state index contributed by atoms with van der Waals surface area (Å²) in [6, 6.07) is 15.5. The van der Waals surface area contributed by atoms with Crippen molar-refractivity contribution in [3.63, 3.8) is 0 Å². The van der Waals surface area contributed by atoms with Gasteiger partial charge in [0.15, 0.2) is 0 Å². The molecule has 0 bridgehead atoms. The van der Waals surface area contributed by atoms with Crippen molar-refractivity contribution >= 4 is 27.8 Å². The van der Waals surface area contributed by atoms with E-state index in [-0.39, 0.29) is 12.3 Å². The fraction of sp³-hybridized carbons (Fsp3) is 0.148. The molecule has 0 unspecified atom stereocenters. The first-order valence-electron chi connectivity index (χ1n) is 10.7. The second-order valence-electron chi connectivity index (χ2n) is 8.09. The number of hydrogen-bond donors (Lipinski definition) is 1. The molecule has 0 atom stereocenters. The standard InChI is InChI=1S/C27H22N2O4/c1-16-11-22-25(26-24(16)21(15-32-26)19-8-4-3-5-9-19)17(2)20(27(31)33-22)12-23(30)29-14-18-7-6-10-28-13-18/h3-11,13,15H,12,14H2,1-2H3,(H,29,30). The number of rotatable bonds is 5. The lowest BCUT2D eigenvalue weighted by Crippen LogP contribution is -2.27. The second-order valence-corrected chi connectivity index (χ2v) is 8.09. The van der Waals surface area contributed by atoms with Crippen molar-refractivity contribution in [2.75, 3.05) is 0 Å². The minimum absolute atomic E-state index is 0.0774. The van der Waals surface area contributed by atoms with Crippen LogP contribution in [0.1, 0.15) is 22.3 Å². The van der Waals surface area contributed by atoms with E-state index in [1.807, 2.05) is 62.4 Å². The van der Waals surface area contributed by atoms with Crippen LogP contribution in [0.5, 0.6) is 0 Å². The number of carbonyl (C=O) groups excluding carboxylic acids is 1. The van der Waals surface area contributed by atoms with Crippen LogP contribution in [0.15, 0.2) is 80.8 Å². The monoisotopic (exact) mass is 438 g/mol. The lowest BCUT2D eigenvalue weighted by molar-refractivity contribution is -0.120. The number of fused-ring (bicyclic) bond motifs is 3. The minimum Gasteiger partial charge on any atom is -0.463 e. The normalized spacial score (nSPS) is 11.2. The summed E-state index contributed by atoms with van der Waals surface area (Å²) in [6.07, 6.45) is 5.02. The van der Waals surface area contributed by atoms with E-state index < -0.39 is 5.63 Å². The van der Waals surface area contributed by atoms with Crippen LogP contribution < -0.4 is 10.9 Å². The van der Waals surface area contributed by atoms with Gasteiger partial charge < -0.3 is 14.2 Å². The third-order valence-corrected chi connectivity index (χ3v) is 5.92. The molecule has 2 aromatic carbocycles. The predicted octanol–water partition coefficient (Wildman–Crippen LogP) is 5.08. The number of hydrogen-bond acceptors (Lipinski definition) is 5. The van der Waals surface area contributed by atoms with Gasteiger partial charge in [0, 0.05) is 29.9 Å². The van der Waals surface area contributed by atoms with Gasteiger partial charge in [-0.2, -0.15) is 0 Å². The molecular weight excluding hydrogens is 416 g/mol. The van der Waals surface area contributed by atoms with Crippen LogP contribution in [0.3, 0.4) is 0 Å². The molecule has 0 saturated carbocycles. The predicted molar refractivity (Wildman–Crippen MR) is 127 cm³/mol. The molecule has 0 saturated heterocycles. The number of pyridine rings is 1. The summed E-state index contributed by atoms with van der Waals surface area (Å²) in [5, 5.41) is 4.52. The Morgan fingerprint density at radius 2 is 1.88 bits per heavy atom. The second kappa shape index (κ2) is 8.39. The highest BCUT2D eigenvalue weighted by Crippen LogP contribution is 2.38. The highest BCUT2D eigenvalue weighted by molar-refractivity contribution is 6.11. The van der Waals surface area contributed by atoms with Gasteiger partial charge in [-0.1, -0.05) is 36.4 Å². The lowest BCUT2D eigenvalue weighted by atomic mass is 9.96. The maximum absolute atomic E-state index is 12.8. The minimum atomic E-state index is -0.509. The molecule has 33 heavy (non-hydrogen) atoms. The number of carbonyl (C=O) groups is 1. The number of nitrogens with zero attached hydrogens (tertiary/aromatic N) is 1. The van der Waals surface area contributed by atoms with Crippen LogP contribution in [0.4, 0.5) is 0 Å². The Hall–Kier alpha value is -4.19. The fourth-order valence-electron chi connectivity index (χ4n) is 4.25. The zero-order valence-electron chi connectivity index (χ0n) is 18.3. The van der Waals surface area contributed by atoms with Gasteiger partial charge in [0.1, 0.15) is 11.2 Å². The number of amides is 1. The highest BCUT2D eigenvalue weighted by atomic mass is 16.4. The van der Waals surface area contributed by atoms with E-state index in [4.69, 9.17) is 8.83 Å². The molecule has 0 aliphatic carbocycles. The van der Waals surface area contributed by atoms with Crippen LogP contribution in [-0.2, 0) is 17.8 Å². The average molecular weight is 438 g/mol. The quantitative estimate of drug-likeness (QED) is 0.387. The van der Waals surface area contributed by atoms with E-state index in [0.717, 1.165) is 27.6 Å². The number of nitrogens with one attached hydrogen (secondary N) is 1.